The van der Waals surface area contributed by atoms with Crippen LogP contribution in [0, 0.1) is 10.1 Å². The first-order valence-corrected chi connectivity index (χ1v) is 12.9. The smallest absolute Gasteiger partial charge is 0.416 e. The molecule has 43 heavy (non-hydrogen) atoms. The second-order valence-electron chi connectivity index (χ2n) is 8.69. The Kier molecular flexibility index (Phi) is 9.73. The molecule has 14 heteroatoms. The summed E-state index contributed by atoms with van der Waals surface area (Å²) in [4.78, 5) is 23.0. The van der Waals surface area contributed by atoms with Gasteiger partial charge in [0.1, 0.15) is 6.61 Å². The van der Waals surface area contributed by atoms with Gasteiger partial charge in [-0.25, -0.2) is 5.43 Å². The molecule has 0 saturated carbocycles. The fourth-order valence-electron chi connectivity index (χ4n) is 3.68. The second kappa shape index (κ2) is 13.4. The molecule has 0 bridgehead atoms. The van der Waals surface area contributed by atoms with Crippen LogP contribution in [0.15, 0.2) is 84.0 Å². The van der Waals surface area contributed by atoms with Gasteiger partial charge in [0.25, 0.3) is 5.91 Å². The van der Waals surface area contributed by atoms with Crippen LogP contribution < -0.4 is 19.6 Å². The first-order chi connectivity index (χ1) is 20.5. The summed E-state index contributed by atoms with van der Waals surface area (Å²) in [6.45, 7) is 0.309. The monoisotopic (exact) mass is 633 g/mol. The molecule has 0 aliphatic carbocycles. The number of nitrogens with one attached hydrogen (secondary N) is 1. The van der Waals surface area contributed by atoms with Crippen LogP contribution in [0.1, 0.15) is 27.0 Å². The zero-order chi connectivity index (χ0) is 31.1. The third-order valence-corrected chi connectivity index (χ3v) is 6.32. The lowest BCUT2D eigenvalue weighted by Crippen LogP contribution is -2.17. The lowest BCUT2D eigenvalue weighted by molar-refractivity contribution is -0.385. The highest BCUT2D eigenvalue weighted by Crippen LogP contribution is 2.42. The maximum atomic E-state index is 13.0. The molecule has 4 aromatic rings. The summed E-state index contributed by atoms with van der Waals surface area (Å²) in [5, 5.41) is 15.0. The number of hydrogen-bond acceptors (Lipinski definition) is 7. The van der Waals surface area contributed by atoms with Gasteiger partial charge in [0.15, 0.2) is 17.2 Å². The summed E-state index contributed by atoms with van der Waals surface area (Å²) >= 11 is 12.5. The number of amides is 1. The molecule has 0 aliphatic rings. The van der Waals surface area contributed by atoms with Crippen LogP contribution in [-0.2, 0) is 12.8 Å². The van der Waals surface area contributed by atoms with Gasteiger partial charge >= 0.3 is 11.9 Å². The van der Waals surface area contributed by atoms with E-state index < -0.39 is 34.0 Å². The Morgan fingerprint density at radius 3 is 2.28 bits per heavy atom. The molecule has 4 aromatic carbocycles. The molecule has 0 atom stereocenters. The van der Waals surface area contributed by atoms with E-state index in [1.807, 2.05) is 30.3 Å². The normalized spacial score (nSPS) is 11.3. The highest BCUT2D eigenvalue weighted by atomic mass is 35.5. The molecule has 4 rings (SSSR count). The van der Waals surface area contributed by atoms with Gasteiger partial charge in [-0.05, 0) is 53.6 Å². The predicted octanol–water partition coefficient (Wildman–Crippen LogP) is 8.06. The summed E-state index contributed by atoms with van der Waals surface area (Å²) < 4.78 is 55.5. The predicted molar refractivity (Wildman–Crippen MR) is 153 cm³/mol. The summed E-state index contributed by atoms with van der Waals surface area (Å²) in [6.07, 6.45) is -3.56. The Labute approximate surface area is 252 Å². The molecule has 1 amide bonds. The van der Waals surface area contributed by atoms with E-state index in [9.17, 15) is 28.1 Å². The quantitative estimate of drug-likeness (QED) is 0.107. The molecule has 1 N–H and O–H groups in total. The first-order valence-electron chi connectivity index (χ1n) is 12.2. The SMILES string of the molecule is COc1cc(C(=O)N/N=C/c2cc(Cl)c(Oc3ccc(C(F)(F)F)cc3[N+](=O)[O-])c(Cl)c2)ccc1OCc1ccccc1. The van der Waals surface area contributed by atoms with Crippen molar-refractivity contribution >= 4 is 41.0 Å². The van der Waals surface area contributed by atoms with Crippen LogP contribution >= 0.6 is 23.2 Å². The maximum absolute atomic E-state index is 13.0. The van der Waals surface area contributed by atoms with Gasteiger partial charge in [-0.2, -0.15) is 18.3 Å². The maximum Gasteiger partial charge on any atom is 0.416 e. The fourth-order valence-corrected chi connectivity index (χ4v) is 4.26. The molecule has 0 radical (unpaired) electrons. The number of benzene rings is 4. The summed E-state index contributed by atoms with van der Waals surface area (Å²) in [5.41, 5.74) is 1.72. The lowest BCUT2D eigenvalue weighted by Gasteiger charge is -2.12. The molecule has 222 valence electrons. The van der Waals surface area contributed by atoms with E-state index in [1.165, 1.54) is 37.6 Å². The number of hydrogen-bond donors (Lipinski definition) is 1. The molecule has 0 spiro atoms. The molecule has 0 aliphatic heterocycles. The second-order valence-corrected chi connectivity index (χ2v) is 9.51. The number of nitro groups is 1. The van der Waals surface area contributed by atoms with Crippen molar-refractivity contribution in [3.63, 3.8) is 0 Å². The summed E-state index contributed by atoms with van der Waals surface area (Å²) in [7, 11) is 1.45. The first kappa shape index (κ1) is 31.1. The van der Waals surface area contributed by atoms with Crippen LogP contribution in [-0.4, -0.2) is 24.2 Å². The van der Waals surface area contributed by atoms with Crippen molar-refractivity contribution in [2.75, 3.05) is 7.11 Å². The zero-order valence-electron chi connectivity index (χ0n) is 22.0. The molecule has 0 fully saturated rings. The van der Waals surface area contributed by atoms with Crippen molar-refractivity contribution in [2.45, 2.75) is 12.8 Å². The number of carbonyl (C=O) groups excluding carboxylic acids is 1. The lowest BCUT2D eigenvalue weighted by atomic mass is 10.2. The Hall–Kier alpha value is -4.81. The van der Waals surface area contributed by atoms with E-state index >= 15 is 0 Å². The number of ether oxygens (including phenoxy) is 3. The van der Waals surface area contributed by atoms with Crippen LogP contribution in [0.4, 0.5) is 18.9 Å². The molecule has 0 heterocycles. The number of rotatable bonds is 10. The fraction of sp³-hybridized carbons (Fsp3) is 0.103. The zero-order valence-corrected chi connectivity index (χ0v) is 23.5. The highest BCUT2D eigenvalue weighted by molar-refractivity contribution is 6.37. The van der Waals surface area contributed by atoms with Crippen molar-refractivity contribution < 1.29 is 37.1 Å². The minimum absolute atomic E-state index is 0.120. The van der Waals surface area contributed by atoms with Crippen LogP contribution in [0.3, 0.4) is 0 Å². The van der Waals surface area contributed by atoms with Crippen molar-refractivity contribution in [1.29, 1.82) is 0 Å². The van der Waals surface area contributed by atoms with Crippen LogP contribution in [0.2, 0.25) is 10.0 Å². The number of alkyl halides is 3. The van der Waals surface area contributed by atoms with Crippen molar-refractivity contribution in [1.82, 2.24) is 5.43 Å². The number of nitrogens with zero attached hydrogens (tertiary/aromatic N) is 2. The van der Waals surface area contributed by atoms with Crippen molar-refractivity contribution in [2.24, 2.45) is 5.10 Å². The van der Waals surface area contributed by atoms with Gasteiger partial charge in [-0.3, -0.25) is 14.9 Å². The van der Waals surface area contributed by atoms with Gasteiger partial charge in [-0.1, -0.05) is 53.5 Å². The van der Waals surface area contributed by atoms with Crippen LogP contribution in [0.25, 0.3) is 0 Å². The molecular formula is C29H20Cl2F3N3O6. The third-order valence-electron chi connectivity index (χ3n) is 5.76. The summed E-state index contributed by atoms with van der Waals surface area (Å²) in [6, 6.07) is 18.6. The van der Waals surface area contributed by atoms with Crippen molar-refractivity contribution in [3.05, 3.63) is 121 Å². The van der Waals surface area contributed by atoms with Gasteiger partial charge in [0.05, 0.1) is 33.9 Å². The highest BCUT2D eigenvalue weighted by Gasteiger charge is 2.33. The average molecular weight is 634 g/mol. The van der Waals surface area contributed by atoms with Gasteiger partial charge in [-0.15, -0.1) is 0 Å². The Balaban J connectivity index is 1.44. The van der Waals surface area contributed by atoms with E-state index in [-0.39, 0.29) is 21.4 Å². The van der Waals surface area contributed by atoms with E-state index in [1.54, 1.807) is 6.07 Å². The standard InChI is InChI=1S/C29H20Cl2F3N3O6/c1-41-26-13-19(7-9-25(26)42-16-17-5-3-2-4-6-17)28(38)36-35-15-18-11-21(30)27(22(31)12-18)43-24-10-8-20(29(32,33)34)14-23(24)37(39)40/h2-15H,16H2,1H3,(H,36,38)/b35-15+. The minimum atomic E-state index is -4.79. The third kappa shape index (κ3) is 7.93. The largest absolute Gasteiger partial charge is 0.493 e. The van der Waals surface area contributed by atoms with Gasteiger partial charge < -0.3 is 14.2 Å². The summed E-state index contributed by atoms with van der Waals surface area (Å²) in [5.74, 6) is -0.498. The van der Waals surface area contributed by atoms with Gasteiger partial charge in [0, 0.05) is 11.6 Å². The number of nitro benzene ring substituents is 1. The van der Waals surface area contributed by atoms with E-state index in [4.69, 9.17) is 37.4 Å². The topological polar surface area (TPSA) is 112 Å². The number of carbonyl (C=O) groups is 1. The molecule has 0 aromatic heterocycles. The number of hydrazone groups is 1. The Morgan fingerprint density at radius 1 is 0.977 bits per heavy atom. The number of halogens is 5. The number of methoxy groups -OCH3 is 1. The molecule has 9 nitrogen and oxygen atoms in total. The van der Waals surface area contributed by atoms with Crippen LogP contribution in [0.5, 0.6) is 23.0 Å². The van der Waals surface area contributed by atoms with E-state index in [0.717, 1.165) is 11.6 Å². The molecule has 0 saturated heterocycles. The average Bonchev–Trinajstić information content (AvgIpc) is 2.97. The Morgan fingerprint density at radius 2 is 1.65 bits per heavy atom. The Bertz CT molecular complexity index is 1660. The molecule has 0 unspecified atom stereocenters. The molecular weight excluding hydrogens is 614 g/mol. The van der Waals surface area contributed by atoms with Crippen molar-refractivity contribution in [3.8, 4) is 23.0 Å². The minimum Gasteiger partial charge on any atom is -0.493 e. The van der Waals surface area contributed by atoms with Gasteiger partial charge in [0.2, 0.25) is 5.75 Å². The van der Waals surface area contributed by atoms with E-state index in [2.05, 4.69) is 10.5 Å². The van der Waals surface area contributed by atoms with E-state index in [0.29, 0.717) is 35.8 Å².